The number of pyridine rings is 1. The van der Waals surface area contributed by atoms with Crippen LogP contribution in [0.1, 0.15) is 21.9 Å². The van der Waals surface area contributed by atoms with Crippen LogP contribution in [0.4, 0.5) is 0 Å². The second-order valence-corrected chi connectivity index (χ2v) is 5.02. The molecular formula is C13H14BrN3O. The zero-order valence-electron chi connectivity index (χ0n) is 10.3. The first-order valence-corrected chi connectivity index (χ1v) is 6.38. The number of aryl methyl sites for hydroxylation is 2. The molecule has 2 rings (SSSR count). The molecule has 0 saturated heterocycles. The van der Waals surface area contributed by atoms with Crippen LogP contribution < -0.4 is 5.32 Å². The molecule has 0 aliphatic carbocycles. The van der Waals surface area contributed by atoms with Crippen molar-refractivity contribution in [1.29, 1.82) is 0 Å². The fourth-order valence-electron chi connectivity index (χ4n) is 1.71. The first-order chi connectivity index (χ1) is 8.56. The van der Waals surface area contributed by atoms with Gasteiger partial charge in [0.15, 0.2) is 0 Å². The second kappa shape index (κ2) is 5.35. The SMILES string of the molecule is Cc1cccc(CNC(=O)c2cc(Br)cn2C)n1. The average molecular weight is 308 g/mol. The molecule has 0 aromatic carbocycles. The lowest BCUT2D eigenvalue weighted by Crippen LogP contribution is -2.25. The van der Waals surface area contributed by atoms with E-state index in [1.54, 1.807) is 10.6 Å². The highest BCUT2D eigenvalue weighted by Gasteiger charge is 2.10. The molecule has 1 N–H and O–H groups in total. The van der Waals surface area contributed by atoms with Crippen molar-refractivity contribution in [3.8, 4) is 0 Å². The third-order valence-corrected chi connectivity index (χ3v) is 3.01. The lowest BCUT2D eigenvalue weighted by Gasteiger charge is -2.06. The van der Waals surface area contributed by atoms with Gasteiger partial charge in [-0.05, 0) is 41.1 Å². The summed E-state index contributed by atoms with van der Waals surface area (Å²) in [5.41, 5.74) is 2.43. The highest BCUT2D eigenvalue weighted by Crippen LogP contribution is 2.13. The quantitative estimate of drug-likeness (QED) is 0.946. The van der Waals surface area contributed by atoms with Gasteiger partial charge in [0.1, 0.15) is 5.69 Å². The van der Waals surface area contributed by atoms with E-state index >= 15 is 0 Å². The van der Waals surface area contributed by atoms with Crippen molar-refractivity contribution in [2.45, 2.75) is 13.5 Å². The van der Waals surface area contributed by atoms with Gasteiger partial charge in [0.2, 0.25) is 0 Å². The fraction of sp³-hybridized carbons (Fsp3) is 0.231. The van der Waals surface area contributed by atoms with Crippen LogP contribution in [0.3, 0.4) is 0 Å². The number of halogens is 1. The third-order valence-electron chi connectivity index (χ3n) is 2.58. The molecule has 0 aliphatic rings. The van der Waals surface area contributed by atoms with Gasteiger partial charge in [-0.25, -0.2) is 0 Å². The van der Waals surface area contributed by atoms with Crippen molar-refractivity contribution < 1.29 is 4.79 Å². The maximum absolute atomic E-state index is 12.0. The molecule has 4 nitrogen and oxygen atoms in total. The summed E-state index contributed by atoms with van der Waals surface area (Å²) in [5.74, 6) is -0.105. The van der Waals surface area contributed by atoms with Gasteiger partial charge in [0.25, 0.3) is 5.91 Å². The van der Waals surface area contributed by atoms with Crippen molar-refractivity contribution in [3.63, 3.8) is 0 Å². The molecule has 2 aromatic rings. The number of hydrogen-bond donors (Lipinski definition) is 1. The van der Waals surface area contributed by atoms with Gasteiger partial charge in [-0.1, -0.05) is 6.07 Å². The summed E-state index contributed by atoms with van der Waals surface area (Å²) in [4.78, 5) is 16.3. The van der Waals surface area contributed by atoms with Gasteiger partial charge < -0.3 is 9.88 Å². The predicted octanol–water partition coefficient (Wildman–Crippen LogP) is 2.42. The van der Waals surface area contributed by atoms with Crippen LogP contribution in [0.2, 0.25) is 0 Å². The molecular weight excluding hydrogens is 294 g/mol. The molecule has 2 aromatic heterocycles. The van der Waals surface area contributed by atoms with Gasteiger partial charge in [-0.3, -0.25) is 9.78 Å². The van der Waals surface area contributed by atoms with Crippen molar-refractivity contribution in [2.75, 3.05) is 0 Å². The molecule has 5 heteroatoms. The van der Waals surface area contributed by atoms with Crippen molar-refractivity contribution in [1.82, 2.24) is 14.9 Å². The highest BCUT2D eigenvalue weighted by atomic mass is 79.9. The Kier molecular flexibility index (Phi) is 3.81. The maximum atomic E-state index is 12.0. The summed E-state index contributed by atoms with van der Waals surface area (Å²) >= 11 is 3.34. The number of hydrogen-bond acceptors (Lipinski definition) is 2. The number of carbonyl (C=O) groups is 1. The van der Waals surface area contributed by atoms with Crippen LogP contribution in [0.25, 0.3) is 0 Å². The van der Waals surface area contributed by atoms with Gasteiger partial charge in [-0.15, -0.1) is 0 Å². The average Bonchev–Trinajstić information content (AvgIpc) is 2.66. The first kappa shape index (κ1) is 12.8. The minimum Gasteiger partial charge on any atom is -0.345 e. The van der Waals surface area contributed by atoms with E-state index in [4.69, 9.17) is 0 Å². The molecule has 18 heavy (non-hydrogen) atoms. The molecule has 0 aliphatic heterocycles. The lowest BCUT2D eigenvalue weighted by molar-refractivity contribution is 0.0942. The summed E-state index contributed by atoms with van der Waals surface area (Å²) in [5, 5.41) is 2.85. The Morgan fingerprint density at radius 1 is 1.50 bits per heavy atom. The Morgan fingerprint density at radius 3 is 2.89 bits per heavy atom. The highest BCUT2D eigenvalue weighted by molar-refractivity contribution is 9.10. The van der Waals surface area contributed by atoms with Gasteiger partial charge in [0.05, 0.1) is 12.2 Å². The predicted molar refractivity (Wildman–Crippen MR) is 73.3 cm³/mol. The van der Waals surface area contributed by atoms with Crippen LogP contribution in [-0.2, 0) is 13.6 Å². The summed E-state index contributed by atoms with van der Waals surface area (Å²) in [7, 11) is 1.84. The zero-order valence-corrected chi connectivity index (χ0v) is 11.9. The van der Waals surface area contributed by atoms with Gasteiger partial charge >= 0.3 is 0 Å². The summed E-state index contributed by atoms with van der Waals surface area (Å²) in [6.07, 6.45) is 1.85. The third kappa shape index (κ3) is 2.98. The van der Waals surface area contributed by atoms with Crippen molar-refractivity contribution in [2.24, 2.45) is 7.05 Å². The topological polar surface area (TPSA) is 46.9 Å². The van der Waals surface area contributed by atoms with Crippen LogP contribution in [-0.4, -0.2) is 15.5 Å². The molecule has 0 spiro atoms. The molecule has 0 saturated carbocycles. The lowest BCUT2D eigenvalue weighted by atomic mass is 10.3. The normalized spacial score (nSPS) is 10.4. The number of nitrogens with zero attached hydrogens (tertiary/aromatic N) is 2. The Balaban J connectivity index is 2.03. The smallest absolute Gasteiger partial charge is 0.268 e. The van der Waals surface area contributed by atoms with Gasteiger partial charge in [0, 0.05) is 23.4 Å². The first-order valence-electron chi connectivity index (χ1n) is 5.59. The van der Waals surface area contributed by atoms with Crippen LogP contribution in [0, 0.1) is 6.92 Å². The van der Waals surface area contributed by atoms with Crippen molar-refractivity contribution in [3.05, 3.63) is 52.0 Å². The molecule has 1 amide bonds. The van der Waals surface area contributed by atoms with Crippen LogP contribution >= 0.6 is 15.9 Å². The van der Waals surface area contributed by atoms with Gasteiger partial charge in [-0.2, -0.15) is 0 Å². The molecule has 0 unspecified atom stereocenters. The Labute approximate surface area is 114 Å². The Morgan fingerprint density at radius 2 is 2.28 bits per heavy atom. The summed E-state index contributed by atoms with van der Waals surface area (Å²) in [6, 6.07) is 7.55. The number of carbonyl (C=O) groups excluding carboxylic acids is 1. The monoisotopic (exact) mass is 307 g/mol. The number of amides is 1. The number of aromatic nitrogens is 2. The van der Waals surface area contributed by atoms with E-state index < -0.39 is 0 Å². The maximum Gasteiger partial charge on any atom is 0.268 e. The largest absolute Gasteiger partial charge is 0.345 e. The van der Waals surface area contributed by atoms with E-state index in [-0.39, 0.29) is 5.91 Å². The van der Waals surface area contributed by atoms with E-state index in [1.165, 1.54) is 0 Å². The molecule has 0 fully saturated rings. The second-order valence-electron chi connectivity index (χ2n) is 4.11. The molecule has 0 bridgehead atoms. The molecule has 0 radical (unpaired) electrons. The van der Waals surface area contributed by atoms with E-state index in [2.05, 4.69) is 26.2 Å². The molecule has 0 atom stereocenters. The number of nitrogens with one attached hydrogen (secondary N) is 1. The molecule has 2 heterocycles. The summed E-state index contributed by atoms with van der Waals surface area (Å²) < 4.78 is 2.67. The minimum absolute atomic E-state index is 0.105. The zero-order chi connectivity index (χ0) is 13.1. The Hall–Kier alpha value is -1.62. The number of rotatable bonds is 3. The Bertz CT molecular complexity index is 577. The minimum atomic E-state index is -0.105. The standard InChI is InChI=1S/C13H14BrN3O/c1-9-4-3-5-11(16-9)7-15-13(18)12-6-10(14)8-17(12)2/h3-6,8H,7H2,1-2H3,(H,15,18). The van der Waals surface area contributed by atoms with E-state index in [0.29, 0.717) is 12.2 Å². The van der Waals surface area contributed by atoms with E-state index in [0.717, 1.165) is 15.9 Å². The van der Waals surface area contributed by atoms with E-state index in [1.807, 2.05) is 38.4 Å². The summed E-state index contributed by atoms with van der Waals surface area (Å²) in [6.45, 7) is 2.36. The van der Waals surface area contributed by atoms with E-state index in [9.17, 15) is 4.79 Å². The fourth-order valence-corrected chi connectivity index (χ4v) is 2.23. The van der Waals surface area contributed by atoms with Crippen LogP contribution in [0.5, 0.6) is 0 Å². The van der Waals surface area contributed by atoms with Crippen LogP contribution in [0.15, 0.2) is 34.9 Å². The molecule has 94 valence electrons. The van der Waals surface area contributed by atoms with Crippen molar-refractivity contribution >= 4 is 21.8 Å².